The quantitative estimate of drug-likeness (QED) is 0.813. The highest BCUT2D eigenvalue weighted by Gasteiger charge is 2.23. The number of carboxylic acid groups (broad SMARTS) is 1. The van der Waals surface area contributed by atoms with Crippen molar-refractivity contribution in [3.8, 4) is 0 Å². The highest BCUT2D eigenvalue weighted by Crippen LogP contribution is 2.19. The van der Waals surface area contributed by atoms with Crippen LogP contribution in [0.15, 0.2) is 24.3 Å². The summed E-state index contributed by atoms with van der Waals surface area (Å²) in [5.41, 5.74) is 1.65. The van der Waals surface area contributed by atoms with Gasteiger partial charge < -0.3 is 5.11 Å². The Morgan fingerprint density at radius 3 is 2.26 bits per heavy atom. The van der Waals surface area contributed by atoms with Gasteiger partial charge >= 0.3 is 5.97 Å². The first kappa shape index (κ1) is 15.6. The molecule has 1 unspecified atom stereocenters. The Morgan fingerprint density at radius 1 is 1.32 bits per heavy atom. The number of benzene rings is 1. The van der Waals surface area contributed by atoms with Crippen molar-refractivity contribution in [2.24, 2.45) is 0 Å². The van der Waals surface area contributed by atoms with Gasteiger partial charge in [-0.15, -0.1) is 0 Å². The molecule has 0 amide bonds. The molecule has 19 heavy (non-hydrogen) atoms. The molecule has 7 heteroatoms. The molecule has 0 aliphatic heterocycles. The Bertz CT molecular complexity index is 537. The Morgan fingerprint density at radius 2 is 1.84 bits per heavy atom. The molecule has 0 radical (unpaired) electrons. The fourth-order valence-electron chi connectivity index (χ4n) is 1.49. The summed E-state index contributed by atoms with van der Waals surface area (Å²) in [5, 5.41) is 8.89. The van der Waals surface area contributed by atoms with E-state index in [1.807, 2.05) is 19.1 Å². The van der Waals surface area contributed by atoms with Crippen molar-refractivity contribution in [3.63, 3.8) is 0 Å². The monoisotopic (exact) mass is 286 g/mol. The smallest absolute Gasteiger partial charge is 0.305 e. The maximum Gasteiger partial charge on any atom is 0.305 e. The molecule has 106 valence electrons. The summed E-state index contributed by atoms with van der Waals surface area (Å²) in [6, 6.07) is 6.29. The van der Waals surface area contributed by atoms with Crippen molar-refractivity contribution in [3.05, 3.63) is 35.4 Å². The number of nitrogens with one attached hydrogen (secondary N) is 1. The van der Waals surface area contributed by atoms with Crippen LogP contribution in [-0.4, -0.2) is 37.9 Å². The van der Waals surface area contributed by atoms with Crippen LogP contribution < -0.4 is 4.72 Å². The first-order chi connectivity index (χ1) is 8.72. The van der Waals surface area contributed by atoms with E-state index in [4.69, 9.17) is 5.11 Å². The number of carbonyl (C=O) groups is 1. The summed E-state index contributed by atoms with van der Waals surface area (Å²) >= 11 is 0. The minimum absolute atomic E-state index is 0.309. The number of hydrogen-bond acceptors (Lipinski definition) is 3. The largest absolute Gasteiger partial charge is 0.481 e. The van der Waals surface area contributed by atoms with E-state index in [1.165, 1.54) is 14.1 Å². The lowest BCUT2D eigenvalue weighted by Gasteiger charge is -2.20. The summed E-state index contributed by atoms with van der Waals surface area (Å²) in [5.74, 6) is -1.06. The molecule has 2 N–H and O–H groups in total. The lowest BCUT2D eigenvalue weighted by molar-refractivity contribution is -0.137. The highest BCUT2D eigenvalue weighted by atomic mass is 32.2. The first-order valence-electron chi connectivity index (χ1n) is 5.70. The average Bonchev–Trinajstić information content (AvgIpc) is 2.27. The van der Waals surface area contributed by atoms with Gasteiger partial charge in [0, 0.05) is 14.1 Å². The van der Waals surface area contributed by atoms with Crippen LogP contribution in [0.4, 0.5) is 0 Å². The second-order valence-electron chi connectivity index (χ2n) is 4.47. The van der Waals surface area contributed by atoms with Crippen LogP contribution in [0.5, 0.6) is 0 Å². The van der Waals surface area contributed by atoms with Crippen LogP contribution in [-0.2, 0) is 15.0 Å². The molecule has 1 aromatic rings. The maximum absolute atomic E-state index is 11.8. The number of nitrogens with zero attached hydrogens (tertiary/aromatic N) is 1. The van der Waals surface area contributed by atoms with Gasteiger partial charge in [-0.05, 0) is 12.5 Å². The van der Waals surface area contributed by atoms with E-state index in [0.717, 1.165) is 9.87 Å². The zero-order valence-electron chi connectivity index (χ0n) is 11.1. The number of aryl methyl sites for hydroxylation is 1. The molecule has 0 aromatic heterocycles. The lowest BCUT2D eigenvalue weighted by atomic mass is 10.0. The third-order valence-corrected chi connectivity index (χ3v) is 4.17. The van der Waals surface area contributed by atoms with Crippen molar-refractivity contribution in [2.45, 2.75) is 19.4 Å². The Labute approximate surface area is 113 Å². The number of hydrogen-bond donors (Lipinski definition) is 2. The van der Waals surface area contributed by atoms with Crippen LogP contribution in [0.1, 0.15) is 23.6 Å². The fraction of sp³-hybridized carbons (Fsp3) is 0.417. The average molecular weight is 286 g/mol. The lowest BCUT2D eigenvalue weighted by Crippen LogP contribution is -2.38. The predicted molar refractivity (Wildman–Crippen MR) is 71.9 cm³/mol. The van der Waals surface area contributed by atoms with E-state index in [2.05, 4.69) is 4.72 Å². The van der Waals surface area contributed by atoms with Crippen molar-refractivity contribution in [2.75, 3.05) is 14.1 Å². The van der Waals surface area contributed by atoms with Gasteiger partial charge in [-0.1, -0.05) is 29.8 Å². The summed E-state index contributed by atoms with van der Waals surface area (Å²) < 4.78 is 27.0. The standard InChI is InChI=1S/C12H18N2O4S/c1-9-4-6-10(7-5-9)11(8-12(15)16)13-19(17,18)14(2)3/h4-7,11,13H,8H2,1-3H3,(H,15,16). The van der Waals surface area contributed by atoms with Crippen LogP contribution in [0.3, 0.4) is 0 Å². The molecule has 0 aliphatic rings. The Balaban J connectivity index is 3.02. The zero-order chi connectivity index (χ0) is 14.6. The summed E-state index contributed by atoms with van der Waals surface area (Å²) in [7, 11) is -0.913. The third-order valence-electron chi connectivity index (χ3n) is 2.63. The van der Waals surface area contributed by atoms with Gasteiger partial charge in [0.05, 0.1) is 12.5 Å². The molecule has 1 rings (SSSR count). The molecule has 0 heterocycles. The first-order valence-corrected chi connectivity index (χ1v) is 7.14. The molecule has 0 fully saturated rings. The van der Waals surface area contributed by atoms with Crippen LogP contribution in [0, 0.1) is 6.92 Å². The van der Waals surface area contributed by atoms with Gasteiger partial charge in [-0.25, -0.2) is 0 Å². The number of aliphatic carboxylic acids is 1. The second-order valence-corrected chi connectivity index (χ2v) is 6.38. The van der Waals surface area contributed by atoms with Crippen molar-refractivity contribution >= 4 is 16.2 Å². The Hall–Kier alpha value is -1.44. The molecular weight excluding hydrogens is 268 g/mol. The van der Waals surface area contributed by atoms with Crippen molar-refractivity contribution in [1.29, 1.82) is 0 Å². The Kier molecular flexibility index (Phi) is 5.04. The van der Waals surface area contributed by atoms with E-state index >= 15 is 0 Å². The van der Waals surface area contributed by atoms with Crippen LogP contribution in [0.2, 0.25) is 0 Å². The highest BCUT2D eigenvalue weighted by molar-refractivity contribution is 7.87. The van der Waals surface area contributed by atoms with Crippen LogP contribution in [0.25, 0.3) is 0 Å². The summed E-state index contributed by atoms with van der Waals surface area (Å²) in [6.45, 7) is 1.90. The number of carboxylic acids is 1. The molecule has 0 aliphatic carbocycles. The van der Waals surface area contributed by atoms with E-state index in [9.17, 15) is 13.2 Å². The van der Waals surface area contributed by atoms with E-state index < -0.39 is 22.2 Å². The minimum Gasteiger partial charge on any atom is -0.481 e. The van der Waals surface area contributed by atoms with Gasteiger partial charge in [0.15, 0.2) is 0 Å². The molecule has 0 saturated heterocycles. The summed E-state index contributed by atoms with van der Waals surface area (Å²) in [6.07, 6.45) is -0.309. The van der Waals surface area contributed by atoms with Crippen molar-refractivity contribution in [1.82, 2.24) is 9.03 Å². The van der Waals surface area contributed by atoms with Gasteiger partial charge in [0.2, 0.25) is 0 Å². The molecule has 6 nitrogen and oxygen atoms in total. The molecular formula is C12H18N2O4S. The second kappa shape index (κ2) is 6.14. The van der Waals surface area contributed by atoms with E-state index in [-0.39, 0.29) is 6.42 Å². The van der Waals surface area contributed by atoms with Gasteiger partial charge in [-0.2, -0.15) is 17.4 Å². The maximum atomic E-state index is 11.8. The molecule has 0 saturated carbocycles. The van der Waals surface area contributed by atoms with Gasteiger partial charge in [0.25, 0.3) is 10.2 Å². The fourth-order valence-corrected chi connectivity index (χ4v) is 2.28. The van der Waals surface area contributed by atoms with E-state index in [1.54, 1.807) is 12.1 Å². The van der Waals surface area contributed by atoms with Crippen LogP contribution >= 0.6 is 0 Å². The minimum atomic E-state index is -3.68. The molecule has 1 atom stereocenters. The number of rotatable bonds is 6. The topological polar surface area (TPSA) is 86.7 Å². The molecule has 0 bridgehead atoms. The predicted octanol–water partition coefficient (Wildman–Crippen LogP) is 0.907. The summed E-state index contributed by atoms with van der Waals surface area (Å²) in [4.78, 5) is 10.9. The van der Waals surface area contributed by atoms with Crippen molar-refractivity contribution < 1.29 is 18.3 Å². The third kappa shape index (κ3) is 4.62. The van der Waals surface area contributed by atoms with Gasteiger partial charge in [0.1, 0.15) is 0 Å². The SMILES string of the molecule is Cc1ccc(C(CC(=O)O)NS(=O)(=O)N(C)C)cc1. The normalized spacial score (nSPS) is 13.5. The zero-order valence-corrected chi connectivity index (χ0v) is 11.9. The molecule has 0 spiro atoms. The van der Waals surface area contributed by atoms with Gasteiger partial charge in [-0.3, -0.25) is 4.79 Å². The van der Waals surface area contributed by atoms with E-state index in [0.29, 0.717) is 5.56 Å². The molecule has 1 aromatic carbocycles.